The average Bonchev–Trinajstić information content (AvgIpc) is 2.45. The summed E-state index contributed by atoms with van der Waals surface area (Å²) >= 11 is 0. The topological polar surface area (TPSA) is 61.0 Å². The summed E-state index contributed by atoms with van der Waals surface area (Å²) < 4.78 is 5.25. The number of nitrogens with two attached hydrogens (primary N) is 1. The van der Waals surface area contributed by atoms with Crippen LogP contribution < -0.4 is 10.5 Å². The monoisotopic (exact) mass is 255 g/mol. The fraction of sp³-hybridized carbons (Fsp3) is 0.333. The molecule has 4 heteroatoms. The minimum atomic E-state index is -0.115. The van der Waals surface area contributed by atoms with E-state index in [-0.39, 0.29) is 5.54 Å². The highest BCUT2D eigenvalue weighted by Gasteiger charge is 2.34. The van der Waals surface area contributed by atoms with E-state index in [9.17, 15) is 0 Å². The predicted molar refractivity (Wildman–Crippen MR) is 73.7 cm³/mol. The molecule has 0 spiro atoms. The standard InChI is InChI=1S/C15H17N3O/c1-19-14-13(9-17-10-18-14)11-3-5-12(6-4-11)15(16)7-2-8-15/h3-6,9-10H,2,7-8,16H2,1H3. The number of nitrogens with zero attached hydrogens (tertiary/aromatic N) is 2. The zero-order chi connectivity index (χ0) is 13.3. The van der Waals surface area contributed by atoms with E-state index in [0.29, 0.717) is 5.88 Å². The molecular weight excluding hydrogens is 238 g/mol. The van der Waals surface area contributed by atoms with Crippen LogP contribution in [0.25, 0.3) is 11.1 Å². The highest BCUT2D eigenvalue weighted by molar-refractivity contribution is 5.67. The SMILES string of the molecule is COc1ncncc1-c1ccc(C2(N)CCC2)cc1. The first-order valence-electron chi connectivity index (χ1n) is 6.47. The molecule has 0 bridgehead atoms. The van der Waals surface area contributed by atoms with Crippen LogP contribution in [-0.2, 0) is 5.54 Å². The van der Waals surface area contributed by atoms with Gasteiger partial charge in [-0.25, -0.2) is 9.97 Å². The highest BCUT2D eigenvalue weighted by Crippen LogP contribution is 2.39. The molecular formula is C15H17N3O. The molecule has 3 rings (SSSR count). The van der Waals surface area contributed by atoms with Gasteiger partial charge >= 0.3 is 0 Å². The number of aromatic nitrogens is 2. The maximum absolute atomic E-state index is 6.32. The molecule has 2 aromatic rings. The van der Waals surface area contributed by atoms with Gasteiger partial charge in [0.25, 0.3) is 0 Å². The lowest BCUT2D eigenvalue weighted by molar-refractivity contribution is 0.253. The number of benzene rings is 1. The minimum Gasteiger partial charge on any atom is -0.480 e. The van der Waals surface area contributed by atoms with Crippen LogP contribution >= 0.6 is 0 Å². The summed E-state index contributed by atoms with van der Waals surface area (Å²) in [4.78, 5) is 8.17. The second kappa shape index (κ2) is 4.63. The fourth-order valence-electron chi connectivity index (χ4n) is 2.51. The normalized spacial score (nSPS) is 16.7. The molecule has 1 fully saturated rings. The summed E-state index contributed by atoms with van der Waals surface area (Å²) in [6.45, 7) is 0. The molecule has 1 aromatic carbocycles. The lowest BCUT2D eigenvalue weighted by atomic mass is 9.72. The Bertz CT molecular complexity index is 576. The number of ether oxygens (including phenoxy) is 1. The van der Waals surface area contributed by atoms with Gasteiger partial charge in [0.05, 0.1) is 12.7 Å². The summed E-state index contributed by atoms with van der Waals surface area (Å²) in [5, 5.41) is 0. The highest BCUT2D eigenvalue weighted by atomic mass is 16.5. The molecule has 1 aromatic heterocycles. The van der Waals surface area contributed by atoms with Crippen LogP contribution in [0.4, 0.5) is 0 Å². The Morgan fingerprint density at radius 2 is 1.95 bits per heavy atom. The molecule has 1 saturated carbocycles. The van der Waals surface area contributed by atoms with Crippen molar-refractivity contribution in [3.8, 4) is 17.0 Å². The van der Waals surface area contributed by atoms with Crippen molar-refractivity contribution < 1.29 is 4.74 Å². The summed E-state index contributed by atoms with van der Waals surface area (Å²) in [6.07, 6.45) is 6.62. The maximum Gasteiger partial charge on any atom is 0.224 e. The van der Waals surface area contributed by atoms with Crippen LogP contribution in [0.15, 0.2) is 36.8 Å². The third-order valence-corrected chi connectivity index (χ3v) is 3.89. The Hall–Kier alpha value is -1.94. The molecule has 0 radical (unpaired) electrons. The van der Waals surface area contributed by atoms with E-state index >= 15 is 0 Å². The molecule has 19 heavy (non-hydrogen) atoms. The van der Waals surface area contributed by atoms with Crippen LogP contribution in [-0.4, -0.2) is 17.1 Å². The zero-order valence-corrected chi connectivity index (χ0v) is 11.0. The quantitative estimate of drug-likeness (QED) is 0.915. The Kier molecular flexibility index (Phi) is 2.95. The van der Waals surface area contributed by atoms with Crippen LogP contribution in [0.3, 0.4) is 0 Å². The van der Waals surface area contributed by atoms with Crippen molar-refractivity contribution in [2.45, 2.75) is 24.8 Å². The lowest BCUT2D eigenvalue weighted by Crippen LogP contribution is -2.43. The summed E-state index contributed by atoms with van der Waals surface area (Å²) in [7, 11) is 1.61. The van der Waals surface area contributed by atoms with Gasteiger partial charge in [-0.3, -0.25) is 0 Å². The average molecular weight is 255 g/mol. The molecule has 1 aliphatic carbocycles. The molecule has 0 unspecified atom stereocenters. The van der Waals surface area contributed by atoms with Gasteiger partial charge in [-0.05, 0) is 30.4 Å². The van der Waals surface area contributed by atoms with Gasteiger partial charge in [0.15, 0.2) is 0 Å². The Labute approximate surface area is 112 Å². The maximum atomic E-state index is 6.32. The third kappa shape index (κ3) is 2.08. The molecule has 98 valence electrons. The van der Waals surface area contributed by atoms with Crippen molar-refractivity contribution >= 4 is 0 Å². The molecule has 0 amide bonds. The minimum absolute atomic E-state index is 0.115. The second-order valence-electron chi connectivity index (χ2n) is 5.03. The Morgan fingerprint density at radius 3 is 2.53 bits per heavy atom. The molecule has 2 N–H and O–H groups in total. The first-order valence-corrected chi connectivity index (χ1v) is 6.47. The van der Waals surface area contributed by atoms with Gasteiger partial charge in [0, 0.05) is 11.7 Å². The lowest BCUT2D eigenvalue weighted by Gasteiger charge is -2.38. The number of rotatable bonds is 3. The van der Waals surface area contributed by atoms with Gasteiger partial charge in [0.2, 0.25) is 5.88 Å². The number of methoxy groups -OCH3 is 1. The van der Waals surface area contributed by atoms with Crippen LogP contribution in [0.2, 0.25) is 0 Å². The van der Waals surface area contributed by atoms with Crippen molar-refractivity contribution in [3.05, 3.63) is 42.4 Å². The van der Waals surface area contributed by atoms with Crippen molar-refractivity contribution in [2.24, 2.45) is 5.73 Å². The van der Waals surface area contributed by atoms with Gasteiger partial charge in [0.1, 0.15) is 6.33 Å². The van der Waals surface area contributed by atoms with E-state index in [1.54, 1.807) is 13.3 Å². The van der Waals surface area contributed by atoms with E-state index in [0.717, 1.165) is 24.0 Å². The largest absolute Gasteiger partial charge is 0.480 e. The Morgan fingerprint density at radius 1 is 1.21 bits per heavy atom. The molecule has 1 aliphatic rings. The van der Waals surface area contributed by atoms with Crippen molar-refractivity contribution in [2.75, 3.05) is 7.11 Å². The van der Waals surface area contributed by atoms with Crippen molar-refractivity contribution in [1.29, 1.82) is 0 Å². The Balaban J connectivity index is 1.94. The fourth-order valence-corrected chi connectivity index (χ4v) is 2.51. The van der Waals surface area contributed by atoms with E-state index < -0.39 is 0 Å². The van der Waals surface area contributed by atoms with Crippen LogP contribution in [0.5, 0.6) is 5.88 Å². The van der Waals surface area contributed by atoms with Gasteiger partial charge in [-0.15, -0.1) is 0 Å². The molecule has 1 heterocycles. The van der Waals surface area contributed by atoms with E-state index in [1.807, 2.05) is 0 Å². The second-order valence-corrected chi connectivity index (χ2v) is 5.03. The van der Waals surface area contributed by atoms with E-state index in [1.165, 1.54) is 18.3 Å². The smallest absolute Gasteiger partial charge is 0.224 e. The summed E-state index contributed by atoms with van der Waals surface area (Å²) in [5.74, 6) is 0.592. The number of hydrogen-bond donors (Lipinski definition) is 1. The zero-order valence-electron chi connectivity index (χ0n) is 11.0. The first kappa shape index (κ1) is 12.1. The van der Waals surface area contributed by atoms with Gasteiger partial charge in [-0.2, -0.15) is 0 Å². The predicted octanol–water partition coefficient (Wildman–Crippen LogP) is 2.49. The third-order valence-electron chi connectivity index (χ3n) is 3.89. The number of hydrogen-bond acceptors (Lipinski definition) is 4. The molecule has 0 atom stereocenters. The summed E-state index contributed by atoms with van der Waals surface area (Å²) in [5.41, 5.74) is 9.36. The molecule has 4 nitrogen and oxygen atoms in total. The molecule has 0 saturated heterocycles. The van der Waals surface area contributed by atoms with Crippen molar-refractivity contribution in [3.63, 3.8) is 0 Å². The van der Waals surface area contributed by atoms with Crippen molar-refractivity contribution in [1.82, 2.24) is 9.97 Å². The van der Waals surface area contributed by atoms with Gasteiger partial charge < -0.3 is 10.5 Å². The van der Waals surface area contributed by atoms with Crippen LogP contribution in [0, 0.1) is 0 Å². The first-order chi connectivity index (χ1) is 9.23. The van der Waals surface area contributed by atoms with Gasteiger partial charge in [-0.1, -0.05) is 24.3 Å². The van der Waals surface area contributed by atoms with Crippen LogP contribution in [0.1, 0.15) is 24.8 Å². The van der Waals surface area contributed by atoms with E-state index in [2.05, 4.69) is 34.2 Å². The van der Waals surface area contributed by atoms with E-state index in [4.69, 9.17) is 10.5 Å². The summed E-state index contributed by atoms with van der Waals surface area (Å²) in [6, 6.07) is 8.31. The molecule has 0 aliphatic heterocycles.